The smallest absolute Gasteiger partial charge is 0.336 e. The number of nitrogens with one attached hydrogen (secondary N) is 1. The predicted molar refractivity (Wildman–Crippen MR) is 115 cm³/mol. The maximum absolute atomic E-state index is 12.3. The summed E-state index contributed by atoms with van der Waals surface area (Å²) >= 11 is 0. The van der Waals surface area contributed by atoms with Gasteiger partial charge in [0.1, 0.15) is 22.8 Å². The van der Waals surface area contributed by atoms with Gasteiger partial charge in [-0.15, -0.1) is 0 Å². The second-order valence-electron chi connectivity index (χ2n) is 6.92. The van der Waals surface area contributed by atoms with E-state index in [1.165, 1.54) is 6.07 Å². The molecule has 0 aliphatic carbocycles. The van der Waals surface area contributed by atoms with Crippen molar-refractivity contribution < 1.29 is 23.1 Å². The molecule has 1 amide bonds. The quantitative estimate of drug-likeness (QED) is 0.453. The first kappa shape index (κ1) is 20.3. The summed E-state index contributed by atoms with van der Waals surface area (Å²) < 4.78 is 21.5. The second-order valence-corrected chi connectivity index (χ2v) is 6.92. The lowest BCUT2D eigenvalue weighted by Crippen LogP contribution is -2.35. The molecule has 0 fully saturated rings. The van der Waals surface area contributed by atoms with Crippen LogP contribution in [-0.2, 0) is 11.3 Å². The molecule has 7 heteroatoms. The monoisotopic (exact) mass is 419 g/mol. The van der Waals surface area contributed by atoms with Crippen molar-refractivity contribution in [3.63, 3.8) is 0 Å². The third kappa shape index (κ3) is 4.61. The zero-order valence-electron chi connectivity index (χ0n) is 17.1. The van der Waals surface area contributed by atoms with Crippen molar-refractivity contribution >= 4 is 16.9 Å². The van der Waals surface area contributed by atoms with Gasteiger partial charge in [-0.05, 0) is 54.4 Å². The normalized spacial score (nSPS) is 11.8. The minimum Gasteiger partial charge on any atom is -0.497 e. The van der Waals surface area contributed by atoms with Gasteiger partial charge in [-0.3, -0.25) is 4.79 Å². The zero-order chi connectivity index (χ0) is 21.8. The van der Waals surface area contributed by atoms with Crippen LogP contribution in [0.1, 0.15) is 12.7 Å². The molecule has 1 atom stereocenters. The van der Waals surface area contributed by atoms with E-state index in [-0.39, 0.29) is 12.5 Å². The predicted octanol–water partition coefficient (Wildman–Crippen LogP) is 4.15. The van der Waals surface area contributed by atoms with Crippen LogP contribution in [0.25, 0.3) is 22.1 Å². The molecule has 0 saturated carbocycles. The number of fused-ring (bicyclic) bond motifs is 1. The Balaban J connectivity index is 1.54. The minimum absolute atomic E-state index is 0.275. The van der Waals surface area contributed by atoms with Crippen molar-refractivity contribution in [2.24, 2.45) is 0 Å². The Morgan fingerprint density at radius 3 is 2.55 bits per heavy atom. The topological polar surface area (TPSA) is 90.9 Å². The first-order chi connectivity index (χ1) is 15.0. The van der Waals surface area contributed by atoms with E-state index in [4.69, 9.17) is 18.3 Å². The highest BCUT2D eigenvalue weighted by atomic mass is 16.5. The SMILES string of the molecule is COc1ccc(-c2cc(=O)oc3cc(OC(C)C(=O)NCc4ccco4)ccc23)cc1. The van der Waals surface area contributed by atoms with Gasteiger partial charge in [-0.1, -0.05) is 12.1 Å². The van der Waals surface area contributed by atoms with E-state index in [1.54, 1.807) is 50.6 Å². The summed E-state index contributed by atoms with van der Waals surface area (Å²) in [6, 6.07) is 17.6. The molecule has 1 N–H and O–H groups in total. The number of hydrogen-bond donors (Lipinski definition) is 1. The van der Waals surface area contributed by atoms with Gasteiger partial charge in [0.25, 0.3) is 5.91 Å². The van der Waals surface area contributed by atoms with Crippen molar-refractivity contribution in [3.8, 4) is 22.6 Å². The fourth-order valence-corrected chi connectivity index (χ4v) is 3.21. The average Bonchev–Trinajstić information content (AvgIpc) is 3.30. The van der Waals surface area contributed by atoms with Gasteiger partial charge in [0.15, 0.2) is 6.10 Å². The van der Waals surface area contributed by atoms with Crippen LogP contribution in [0, 0.1) is 0 Å². The standard InChI is InChI=1S/C24H21NO6/c1-15(24(27)25-14-19-4-3-11-29-19)30-18-9-10-20-21(13-23(26)31-22(20)12-18)16-5-7-17(28-2)8-6-16/h3-13,15H,14H2,1-2H3,(H,25,27). The van der Waals surface area contributed by atoms with Gasteiger partial charge in [0.2, 0.25) is 0 Å². The number of hydrogen-bond acceptors (Lipinski definition) is 6. The van der Waals surface area contributed by atoms with Crippen LogP contribution in [0.15, 0.2) is 80.6 Å². The van der Waals surface area contributed by atoms with Gasteiger partial charge in [0, 0.05) is 17.5 Å². The van der Waals surface area contributed by atoms with E-state index in [9.17, 15) is 9.59 Å². The highest BCUT2D eigenvalue weighted by molar-refractivity contribution is 5.94. The molecule has 4 rings (SSSR count). The first-order valence-electron chi connectivity index (χ1n) is 9.72. The van der Waals surface area contributed by atoms with Crippen LogP contribution in [0.4, 0.5) is 0 Å². The molecule has 31 heavy (non-hydrogen) atoms. The number of methoxy groups -OCH3 is 1. The Hall–Kier alpha value is -4.00. The fraction of sp³-hybridized carbons (Fsp3) is 0.167. The van der Waals surface area contributed by atoms with Gasteiger partial charge >= 0.3 is 5.63 Å². The second kappa shape index (κ2) is 8.79. The fourth-order valence-electron chi connectivity index (χ4n) is 3.21. The Morgan fingerprint density at radius 1 is 1.06 bits per heavy atom. The maximum atomic E-state index is 12.3. The van der Waals surface area contributed by atoms with Crippen LogP contribution in [0.5, 0.6) is 11.5 Å². The molecule has 0 aliphatic rings. The third-order valence-corrected chi connectivity index (χ3v) is 4.82. The highest BCUT2D eigenvalue weighted by Crippen LogP contribution is 2.31. The molecule has 2 aromatic carbocycles. The Kier molecular flexibility index (Phi) is 5.75. The summed E-state index contributed by atoms with van der Waals surface area (Å²) in [6.07, 6.45) is 0.800. The van der Waals surface area contributed by atoms with Crippen LogP contribution in [0.3, 0.4) is 0 Å². The minimum atomic E-state index is -0.746. The lowest BCUT2D eigenvalue weighted by Gasteiger charge is -2.15. The summed E-state index contributed by atoms with van der Waals surface area (Å²) in [5.74, 6) is 1.51. The number of carbonyl (C=O) groups excluding carboxylic acids is 1. The number of carbonyl (C=O) groups is 1. The number of rotatable bonds is 7. The lowest BCUT2D eigenvalue weighted by molar-refractivity contribution is -0.127. The number of furan rings is 1. The van der Waals surface area contributed by atoms with Gasteiger partial charge in [-0.2, -0.15) is 0 Å². The number of ether oxygens (including phenoxy) is 2. The van der Waals surface area contributed by atoms with Gasteiger partial charge < -0.3 is 23.6 Å². The van der Waals surface area contributed by atoms with Crippen LogP contribution >= 0.6 is 0 Å². The molecule has 4 aromatic rings. The van der Waals surface area contributed by atoms with E-state index in [1.807, 2.05) is 24.3 Å². The van der Waals surface area contributed by atoms with Crippen LogP contribution in [-0.4, -0.2) is 19.1 Å². The molecule has 2 aromatic heterocycles. The molecule has 0 spiro atoms. The molecule has 0 bridgehead atoms. The average molecular weight is 419 g/mol. The van der Waals surface area contributed by atoms with E-state index >= 15 is 0 Å². The lowest BCUT2D eigenvalue weighted by atomic mass is 10.0. The van der Waals surface area contributed by atoms with Gasteiger partial charge in [-0.25, -0.2) is 4.79 Å². The Bertz CT molecular complexity index is 1240. The zero-order valence-corrected chi connectivity index (χ0v) is 17.1. The molecule has 158 valence electrons. The van der Waals surface area contributed by atoms with Gasteiger partial charge in [0.05, 0.1) is 19.9 Å². The molecule has 2 heterocycles. The molecular formula is C24H21NO6. The Labute approximate surface area is 178 Å². The first-order valence-corrected chi connectivity index (χ1v) is 9.72. The van der Waals surface area contributed by atoms with Crippen molar-refractivity contribution in [2.45, 2.75) is 19.6 Å². The molecule has 1 unspecified atom stereocenters. The molecule has 0 saturated heterocycles. The highest BCUT2D eigenvalue weighted by Gasteiger charge is 2.16. The van der Waals surface area contributed by atoms with Crippen LogP contribution in [0.2, 0.25) is 0 Å². The Morgan fingerprint density at radius 2 is 1.84 bits per heavy atom. The molecule has 0 radical (unpaired) electrons. The number of benzene rings is 2. The summed E-state index contributed by atoms with van der Waals surface area (Å²) in [5.41, 5.74) is 1.50. The van der Waals surface area contributed by atoms with Crippen molar-refractivity contribution in [3.05, 3.63) is 83.1 Å². The molecular weight excluding hydrogens is 398 g/mol. The molecule has 0 aliphatic heterocycles. The van der Waals surface area contributed by atoms with E-state index < -0.39 is 11.7 Å². The van der Waals surface area contributed by atoms with Crippen LogP contribution < -0.4 is 20.4 Å². The largest absolute Gasteiger partial charge is 0.497 e. The molecule has 7 nitrogen and oxygen atoms in total. The van der Waals surface area contributed by atoms with Crippen molar-refractivity contribution in [1.82, 2.24) is 5.32 Å². The summed E-state index contributed by atoms with van der Waals surface area (Å²) in [5, 5.41) is 3.51. The van der Waals surface area contributed by atoms with Crippen molar-refractivity contribution in [2.75, 3.05) is 7.11 Å². The summed E-state index contributed by atoms with van der Waals surface area (Å²) in [4.78, 5) is 24.4. The van der Waals surface area contributed by atoms with E-state index in [0.717, 1.165) is 22.3 Å². The maximum Gasteiger partial charge on any atom is 0.336 e. The number of amides is 1. The third-order valence-electron chi connectivity index (χ3n) is 4.82. The summed E-state index contributed by atoms with van der Waals surface area (Å²) in [7, 11) is 1.60. The van der Waals surface area contributed by atoms with E-state index in [2.05, 4.69) is 5.32 Å². The van der Waals surface area contributed by atoms with E-state index in [0.29, 0.717) is 17.1 Å². The van der Waals surface area contributed by atoms with Crippen molar-refractivity contribution in [1.29, 1.82) is 0 Å². The summed E-state index contributed by atoms with van der Waals surface area (Å²) in [6.45, 7) is 1.92.